The Labute approximate surface area is 142 Å². The van der Waals surface area contributed by atoms with Gasteiger partial charge in [0, 0.05) is 31.9 Å². The van der Waals surface area contributed by atoms with Gasteiger partial charge in [0.05, 0.1) is 11.9 Å². The average Bonchev–Trinajstić information content (AvgIpc) is 2.96. The summed E-state index contributed by atoms with van der Waals surface area (Å²) in [6.45, 7) is 2.66. The molecule has 134 valence electrons. The fraction of sp³-hybridized carbons (Fsp3) is 0.438. The third-order valence-electron chi connectivity index (χ3n) is 4.06. The lowest BCUT2D eigenvalue weighted by Gasteiger charge is -2.23. The summed E-state index contributed by atoms with van der Waals surface area (Å²) in [6, 6.07) is 1.43. The standard InChI is InChI=1S/C16H18F3N5O/c1-10-4-12(7-20-5-10)22-15(25)21-6-11-2-3-14-23-13(16(17,18)19)9-24(14)8-11/h4-5,7,9,11H,2-3,6,8H2,1H3,(H2,21,22,25)/t11-/m1/s1. The molecule has 2 amide bonds. The summed E-state index contributed by atoms with van der Waals surface area (Å²) < 4.78 is 39.7. The number of carbonyl (C=O) groups excluding carboxylic acids is 1. The van der Waals surface area contributed by atoms with Crippen molar-refractivity contribution >= 4 is 11.7 Å². The number of aromatic nitrogens is 3. The van der Waals surface area contributed by atoms with E-state index in [2.05, 4.69) is 20.6 Å². The zero-order valence-corrected chi connectivity index (χ0v) is 13.6. The van der Waals surface area contributed by atoms with E-state index in [0.29, 0.717) is 37.4 Å². The third kappa shape index (κ3) is 4.28. The van der Waals surface area contributed by atoms with Gasteiger partial charge in [-0.3, -0.25) is 4.98 Å². The van der Waals surface area contributed by atoms with E-state index < -0.39 is 11.9 Å². The van der Waals surface area contributed by atoms with Crippen molar-refractivity contribution in [2.45, 2.75) is 32.5 Å². The van der Waals surface area contributed by atoms with Gasteiger partial charge in [0.15, 0.2) is 5.69 Å². The average molecular weight is 353 g/mol. The van der Waals surface area contributed by atoms with Gasteiger partial charge in [-0.15, -0.1) is 0 Å². The van der Waals surface area contributed by atoms with Gasteiger partial charge in [-0.25, -0.2) is 9.78 Å². The maximum atomic E-state index is 12.7. The van der Waals surface area contributed by atoms with Gasteiger partial charge >= 0.3 is 12.2 Å². The Bertz CT molecular complexity index is 771. The molecule has 1 aliphatic heterocycles. The topological polar surface area (TPSA) is 71.8 Å². The number of nitrogens with zero attached hydrogens (tertiary/aromatic N) is 3. The summed E-state index contributed by atoms with van der Waals surface area (Å²) in [5.74, 6) is 0.503. The predicted octanol–water partition coefficient (Wildman–Crippen LogP) is 2.99. The van der Waals surface area contributed by atoms with Crippen molar-refractivity contribution in [3.05, 3.63) is 41.7 Å². The van der Waals surface area contributed by atoms with Crippen LogP contribution in [-0.2, 0) is 19.1 Å². The number of halogens is 3. The van der Waals surface area contributed by atoms with Crippen LogP contribution in [0.5, 0.6) is 0 Å². The molecule has 0 saturated heterocycles. The number of anilines is 1. The van der Waals surface area contributed by atoms with Crippen LogP contribution in [0.2, 0.25) is 0 Å². The highest BCUT2D eigenvalue weighted by molar-refractivity contribution is 5.89. The summed E-state index contributed by atoms with van der Waals surface area (Å²) in [7, 11) is 0. The zero-order chi connectivity index (χ0) is 18.0. The van der Waals surface area contributed by atoms with Crippen LogP contribution in [0.4, 0.5) is 23.7 Å². The Morgan fingerprint density at radius 3 is 2.92 bits per heavy atom. The number of carbonyl (C=O) groups is 1. The molecule has 0 bridgehead atoms. The molecule has 6 nitrogen and oxygen atoms in total. The molecule has 2 N–H and O–H groups in total. The number of fused-ring (bicyclic) bond motifs is 1. The Kier molecular flexibility index (Phi) is 4.65. The van der Waals surface area contributed by atoms with Crippen molar-refractivity contribution in [1.29, 1.82) is 0 Å². The first-order valence-corrected chi connectivity index (χ1v) is 7.91. The van der Waals surface area contributed by atoms with E-state index in [9.17, 15) is 18.0 Å². The van der Waals surface area contributed by atoms with Crippen LogP contribution in [0, 0.1) is 12.8 Å². The van der Waals surface area contributed by atoms with E-state index in [1.807, 2.05) is 6.92 Å². The van der Waals surface area contributed by atoms with Crippen molar-refractivity contribution in [2.75, 3.05) is 11.9 Å². The van der Waals surface area contributed by atoms with E-state index in [4.69, 9.17) is 0 Å². The minimum atomic E-state index is -4.43. The molecule has 0 unspecified atom stereocenters. The SMILES string of the molecule is Cc1cncc(NC(=O)NC[C@H]2CCc3nc(C(F)(F)F)cn3C2)c1. The summed E-state index contributed by atoms with van der Waals surface area (Å²) in [4.78, 5) is 19.6. The van der Waals surface area contributed by atoms with Gasteiger partial charge in [-0.1, -0.05) is 0 Å². The van der Waals surface area contributed by atoms with Crippen LogP contribution in [-0.4, -0.2) is 27.1 Å². The number of hydrogen-bond acceptors (Lipinski definition) is 3. The Hall–Kier alpha value is -2.58. The monoisotopic (exact) mass is 353 g/mol. The van der Waals surface area contributed by atoms with Crippen molar-refractivity contribution < 1.29 is 18.0 Å². The minimum absolute atomic E-state index is 0.0594. The highest BCUT2D eigenvalue weighted by Crippen LogP contribution is 2.30. The number of pyridine rings is 1. The molecule has 0 spiro atoms. The molecule has 0 radical (unpaired) electrons. The molecule has 3 heterocycles. The number of hydrogen-bond donors (Lipinski definition) is 2. The summed E-state index contributed by atoms with van der Waals surface area (Å²) >= 11 is 0. The largest absolute Gasteiger partial charge is 0.434 e. The molecule has 0 fully saturated rings. The lowest BCUT2D eigenvalue weighted by atomic mass is 9.99. The van der Waals surface area contributed by atoms with Crippen molar-refractivity contribution in [3.8, 4) is 0 Å². The van der Waals surface area contributed by atoms with Crippen molar-refractivity contribution in [1.82, 2.24) is 19.9 Å². The molecule has 25 heavy (non-hydrogen) atoms. The molecular formula is C16H18F3N5O. The molecule has 0 saturated carbocycles. The number of amides is 2. The summed E-state index contributed by atoms with van der Waals surface area (Å²) in [6.07, 6.45) is 0.985. The molecule has 1 atom stereocenters. The second-order valence-corrected chi connectivity index (χ2v) is 6.18. The van der Waals surface area contributed by atoms with E-state index in [1.165, 1.54) is 4.57 Å². The smallest absolute Gasteiger partial charge is 0.338 e. The Balaban J connectivity index is 1.53. The summed E-state index contributed by atoms with van der Waals surface area (Å²) in [5.41, 5.74) is 0.659. The number of rotatable bonds is 3. The van der Waals surface area contributed by atoms with Gasteiger partial charge < -0.3 is 15.2 Å². The quantitative estimate of drug-likeness (QED) is 0.891. The lowest BCUT2D eigenvalue weighted by molar-refractivity contribution is -0.141. The van der Waals surface area contributed by atoms with Crippen LogP contribution in [0.1, 0.15) is 23.5 Å². The third-order valence-corrected chi connectivity index (χ3v) is 4.06. The number of imidazole rings is 1. The molecule has 1 aliphatic rings. The molecule has 0 aromatic carbocycles. The predicted molar refractivity (Wildman–Crippen MR) is 85.0 cm³/mol. The fourth-order valence-electron chi connectivity index (χ4n) is 2.85. The Morgan fingerprint density at radius 2 is 2.20 bits per heavy atom. The molecular weight excluding hydrogens is 335 g/mol. The Morgan fingerprint density at radius 1 is 1.40 bits per heavy atom. The van der Waals surface area contributed by atoms with Gasteiger partial charge in [0.1, 0.15) is 5.82 Å². The first-order chi connectivity index (χ1) is 11.8. The number of urea groups is 1. The molecule has 9 heteroatoms. The van der Waals surface area contributed by atoms with Crippen molar-refractivity contribution in [3.63, 3.8) is 0 Å². The highest BCUT2D eigenvalue weighted by Gasteiger charge is 2.35. The van der Waals surface area contributed by atoms with Gasteiger partial charge in [0.2, 0.25) is 0 Å². The summed E-state index contributed by atoms with van der Waals surface area (Å²) in [5, 5.41) is 5.44. The second kappa shape index (κ2) is 6.73. The first-order valence-electron chi connectivity index (χ1n) is 7.91. The zero-order valence-electron chi connectivity index (χ0n) is 13.6. The van der Waals surface area contributed by atoms with Crippen LogP contribution in [0.15, 0.2) is 24.7 Å². The molecule has 0 aliphatic carbocycles. The van der Waals surface area contributed by atoms with Gasteiger partial charge in [-0.05, 0) is 30.9 Å². The normalized spacial score (nSPS) is 17.0. The first kappa shape index (κ1) is 17.2. The number of alkyl halides is 3. The van der Waals surface area contributed by atoms with Crippen LogP contribution >= 0.6 is 0 Å². The highest BCUT2D eigenvalue weighted by atomic mass is 19.4. The maximum absolute atomic E-state index is 12.7. The van der Waals surface area contributed by atoms with Crippen molar-refractivity contribution in [2.24, 2.45) is 5.92 Å². The minimum Gasteiger partial charge on any atom is -0.338 e. The van der Waals surface area contributed by atoms with E-state index in [-0.39, 0.29) is 11.9 Å². The number of aryl methyl sites for hydroxylation is 2. The molecule has 2 aromatic heterocycles. The van der Waals surface area contributed by atoms with E-state index >= 15 is 0 Å². The van der Waals surface area contributed by atoms with Crippen LogP contribution in [0.3, 0.4) is 0 Å². The lowest BCUT2D eigenvalue weighted by Crippen LogP contribution is -2.36. The molecule has 2 aromatic rings. The second-order valence-electron chi connectivity index (χ2n) is 6.18. The fourth-order valence-corrected chi connectivity index (χ4v) is 2.85. The van der Waals surface area contributed by atoms with Gasteiger partial charge in [0.25, 0.3) is 0 Å². The maximum Gasteiger partial charge on any atom is 0.434 e. The molecule has 3 rings (SSSR count). The van der Waals surface area contributed by atoms with Crippen LogP contribution in [0.25, 0.3) is 0 Å². The number of nitrogens with one attached hydrogen (secondary N) is 2. The van der Waals surface area contributed by atoms with E-state index in [1.54, 1.807) is 18.5 Å². The van der Waals surface area contributed by atoms with Gasteiger partial charge in [-0.2, -0.15) is 13.2 Å². The van der Waals surface area contributed by atoms with Crippen LogP contribution < -0.4 is 10.6 Å². The van der Waals surface area contributed by atoms with E-state index in [0.717, 1.165) is 11.8 Å².